The predicted molar refractivity (Wildman–Crippen MR) is 58.4 cm³/mol. The Balaban J connectivity index is 2.02. The van der Waals surface area contributed by atoms with Crippen LogP contribution in [-0.2, 0) is 4.74 Å². The van der Waals surface area contributed by atoms with E-state index in [0.717, 1.165) is 19.1 Å². The summed E-state index contributed by atoms with van der Waals surface area (Å²) in [5.41, 5.74) is 0.154. The van der Waals surface area contributed by atoms with Gasteiger partial charge in [0.15, 0.2) is 0 Å². The van der Waals surface area contributed by atoms with Crippen LogP contribution in [0.1, 0.15) is 40.0 Å². The summed E-state index contributed by atoms with van der Waals surface area (Å²) in [4.78, 5) is 2.57. The van der Waals surface area contributed by atoms with Crippen molar-refractivity contribution in [2.45, 2.75) is 51.7 Å². The molecule has 82 valence electrons. The summed E-state index contributed by atoms with van der Waals surface area (Å²) >= 11 is 0. The summed E-state index contributed by atoms with van der Waals surface area (Å²) in [5.74, 6) is 0.835. The maximum atomic E-state index is 6.05. The lowest BCUT2D eigenvalue weighted by Crippen LogP contribution is -2.45. The SMILES string of the molecule is CC(C)N1CCCO[C@](C)(C2CC2)C1. The zero-order valence-corrected chi connectivity index (χ0v) is 9.75. The van der Waals surface area contributed by atoms with Crippen LogP contribution in [0.15, 0.2) is 0 Å². The first kappa shape index (κ1) is 10.4. The molecular weight excluding hydrogens is 174 g/mol. The Morgan fingerprint density at radius 1 is 1.36 bits per heavy atom. The van der Waals surface area contributed by atoms with Crippen molar-refractivity contribution >= 4 is 0 Å². The van der Waals surface area contributed by atoms with Crippen molar-refractivity contribution in [3.8, 4) is 0 Å². The lowest BCUT2D eigenvalue weighted by atomic mass is 9.99. The molecule has 0 unspecified atom stereocenters. The summed E-state index contributed by atoms with van der Waals surface area (Å²) in [5, 5.41) is 0. The molecule has 0 amide bonds. The van der Waals surface area contributed by atoms with Gasteiger partial charge >= 0.3 is 0 Å². The van der Waals surface area contributed by atoms with Gasteiger partial charge in [-0.1, -0.05) is 0 Å². The highest BCUT2D eigenvalue weighted by atomic mass is 16.5. The summed E-state index contributed by atoms with van der Waals surface area (Å²) in [6.07, 6.45) is 3.95. The molecular formula is C12H23NO. The third kappa shape index (κ3) is 2.12. The standard InChI is InChI=1S/C12H23NO/c1-10(2)13-7-4-8-14-12(3,9-13)11-5-6-11/h10-11H,4-9H2,1-3H3/t12-/m0/s1. The van der Waals surface area contributed by atoms with E-state index < -0.39 is 0 Å². The van der Waals surface area contributed by atoms with Crippen molar-refractivity contribution in [3.05, 3.63) is 0 Å². The van der Waals surface area contributed by atoms with Crippen LogP contribution in [0.3, 0.4) is 0 Å². The largest absolute Gasteiger partial charge is 0.374 e. The average Bonchev–Trinajstić information content (AvgIpc) is 2.88. The zero-order valence-electron chi connectivity index (χ0n) is 9.75. The number of rotatable bonds is 2. The minimum atomic E-state index is 0.154. The Kier molecular flexibility index (Phi) is 2.85. The van der Waals surface area contributed by atoms with Gasteiger partial charge in [-0.25, -0.2) is 0 Å². The van der Waals surface area contributed by atoms with Gasteiger partial charge in [0.25, 0.3) is 0 Å². The van der Waals surface area contributed by atoms with E-state index in [1.54, 1.807) is 0 Å². The smallest absolute Gasteiger partial charge is 0.0808 e. The Morgan fingerprint density at radius 3 is 2.64 bits per heavy atom. The van der Waals surface area contributed by atoms with E-state index in [0.29, 0.717) is 6.04 Å². The van der Waals surface area contributed by atoms with E-state index in [1.165, 1.54) is 25.8 Å². The maximum absolute atomic E-state index is 6.05. The highest BCUT2D eigenvalue weighted by molar-refractivity contribution is 4.96. The second-order valence-corrected chi connectivity index (χ2v) is 5.35. The van der Waals surface area contributed by atoms with E-state index in [1.807, 2.05) is 0 Å². The monoisotopic (exact) mass is 197 g/mol. The molecule has 0 spiro atoms. The highest BCUT2D eigenvalue weighted by Crippen LogP contribution is 2.43. The van der Waals surface area contributed by atoms with Gasteiger partial charge in [0.05, 0.1) is 5.60 Å². The molecule has 1 heterocycles. The Labute approximate surface area is 87.6 Å². The molecule has 0 bridgehead atoms. The fraction of sp³-hybridized carbons (Fsp3) is 1.00. The summed E-state index contributed by atoms with van der Waals surface area (Å²) < 4.78 is 6.05. The first-order chi connectivity index (χ1) is 6.62. The normalized spacial score (nSPS) is 36.0. The van der Waals surface area contributed by atoms with Crippen LogP contribution >= 0.6 is 0 Å². The Morgan fingerprint density at radius 2 is 2.07 bits per heavy atom. The molecule has 0 radical (unpaired) electrons. The molecule has 2 fully saturated rings. The third-order valence-electron chi connectivity index (χ3n) is 3.71. The van der Waals surface area contributed by atoms with Crippen LogP contribution in [0.5, 0.6) is 0 Å². The van der Waals surface area contributed by atoms with Crippen molar-refractivity contribution in [2.75, 3.05) is 19.7 Å². The molecule has 2 nitrogen and oxygen atoms in total. The van der Waals surface area contributed by atoms with Crippen LogP contribution < -0.4 is 0 Å². The molecule has 1 atom stereocenters. The number of hydrogen-bond donors (Lipinski definition) is 0. The molecule has 0 aromatic heterocycles. The van der Waals surface area contributed by atoms with Gasteiger partial charge in [0.2, 0.25) is 0 Å². The summed E-state index contributed by atoms with van der Waals surface area (Å²) in [6, 6.07) is 0.662. The van der Waals surface area contributed by atoms with Gasteiger partial charge in [-0.2, -0.15) is 0 Å². The van der Waals surface area contributed by atoms with Gasteiger partial charge in [-0.15, -0.1) is 0 Å². The van der Waals surface area contributed by atoms with Crippen molar-refractivity contribution in [3.63, 3.8) is 0 Å². The van der Waals surface area contributed by atoms with E-state index in [4.69, 9.17) is 4.74 Å². The number of ether oxygens (including phenoxy) is 1. The zero-order chi connectivity index (χ0) is 10.2. The van der Waals surface area contributed by atoms with Crippen molar-refractivity contribution in [2.24, 2.45) is 5.92 Å². The molecule has 0 aromatic rings. The lowest BCUT2D eigenvalue weighted by Gasteiger charge is -2.34. The molecule has 1 aliphatic carbocycles. The summed E-state index contributed by atoms with van der Waals surface area (Å²) in [7, 11) is 0. The Hall–Kier alpha value is -0.0800. The van der Waals surface area contributed by atoms with Crippen molar-refractivity contribution in [1.82, 2.24) is 4.90 Å². The minimum absolute atomic E-state index is 0.154. The van der Waals surface area contributed by atoms with Crippen LogP contribution in [0.4, 0.5) is 0 Å². The first-order valence-corrected chi connectivity index (χ1v) is 6.00. The predicted octanol–water partition coefficient (Wildman–Crippen LogP) is 2.29. The van der Waals surface area contributed by atoms with Crippen LogP contribution in [0, 0.1) is 5.92 Å². The van der Waals surface area contributed by atoms with Gasteiger partial charge in [-0.3, -0.25) is 4.90 Å². The molecule has 1 aliphatic heterocycles. The van der Waals surface area contributed by atoms with Crippen molar-refractivity contribution < 1.29 is 4.74 Å². The Bertz CT molecular complexity index is 200. The first-order valence-electron chi connectivity index (χ1n) is 6.00. The molecule has 2 heteroatoms. The fourth-order valence-corrected chi connectivity index (χ4v) is 2.48. The van der Waals surface area contributed by atoms with Crippen molar-refractivity contribution in [1.29, 1.82) is 0 Å². The van der Waals surface area contributed by atoms with Gasteiger partial charge in [-0.05, 0) is 46.0 Å². The number of hydrogen-bond acceptors (Lipinski definition) is 2. The molecule has 2 aliphatic rings. The summed E-state index contributed by atoms with van der Waals surface area (Å²) in [6.45, 7) is 10.2. The van der Waals surface area contributed by atoms with Gasteiger partial charge in [0, 0.05) is 25.7 Å². The molecule has 0 aromatic carbocycles. The van der Waals surface area contributed by atoms with Crippen LogP contribution in [-0.4, -0.2) is 36.2 Å². The fourth-order valence-electron chi connectivity index (χ4n) is 2.48. The second kappa shape index (κ2) is 3.82. The van der Waals surface area contributed by atoms with E-state index >= 15 is 0 Å². The van der Waals surface area contributed by atoms with Crippen LogP contribution in [0.25, 0.3) is 0 Å². The third-order valence-corrected chi connectivity index (χ3v) is 3.71. The molecule has 14 heavy (non-hydrogen) atoms. The van der Waals surface area contributed by atoms with Gasteiger partial charge < -0.3 is 4.74 Å². The van der Waals surface area contributed by atoms with E-state index in [-0.39, 0.29) is 5.60 Å². The quantitative estimate of drug-likeness (QED) is 0.673. The second-order valence-electron chi connectivity index (χ2n) is 5.35. The topological polar surface area (TPSA) is 12.5 Å². The lowest BCUT2D eigenvalue weighted by molar-refractivity contribution is -0.0514. The van der Waals surface area contributed by atoms with E-state index in [2.05, 4.69) is 25.7 Å². The minimum Gasteiger partial charge on any atom is -0.374 e. The van der Waals surface area contributed by atoms with Crippen LogP contribution in [0.2, 0.25) is 0 Å². The molecule has 0 N–H and O–H groups in total. The maximum Gasteiger partial charge on any atom is 0.0808 e. The average molecular weight is 197 g/mol. The van der Waals surface area contributed by atoms with Gasteiger partial charge in [0.1, 0.15) is 0 Å². The molecule has 1 saturated heterocycles. The molecule has 1 saturated carbocycles. The molecule has 2 rings (SSSR count). The number of nitrogens with zero attached hydrogens (tertiary/aromatic N) is 1. The van der Waals surface area contributed by atoms with E-state index in [9.17, 15) is 0 Å². The highest BCUT2D eigenvalue weighted by Gasteiger charge is 2.44.